The number of ether oxygens (including phenoxy) is 2. The number of nitrogens with zero attached hydrogens (tertiary/aromatic N) is 2. The molecule has 5 heteroatoms. The Kier molecular flexibility index (Phi) is 5.30. The van der Waals surface area contributed by atoms with Crippen molar-refractivity contribution in [2.45, 2.75) is 25.6 Å². The summed E-state index contributed by atoms with van der Waals surface area (Å²) in [5, 5.41) is 0. The number of amides is 1. The molecule has 2 aliphatic rings. The second-order valence-electron chi connectivity index (χ2n) is 6.71. The van der Waals surface area contributed by atoms with Crippen molar-refractivity contribution in [2.24, 2.45) is 0 Å². The van der Waals surface area contributed by atoms with Crippen molar-refractivity contribution in [1.29, 1.82) is 0 Å². The van der Waals surface area contributed by atoms with Gasteiger partial charge < -0.3 is 14.4 Å². The Balaban J connectivity index is 1.42. The average Bonchev–Trinajstić information content (AvgIpc) is 2.95. The minimum atomic E-state index is 0.0117. The van der Waals surface area contributed by atoms with E-state index in [0.717, 1.165) is 36.4 Å². The molecule has 1 saturated heterocycles. The first-order chi connectivity index (χ1) is 13.3. The molecule has 1 fully saturated rings. The molecule has 0 aliphatic carbocycles. The zero-order valence-corrected chi connectivity index (χ0v) is 15.1. The Morgan fingerprint density at radius 2 is 2.11 bits per heavy atom. The van der Waals surface area contributed by atoms with Crippen LogP contribution in [0.5, 0.6) is 5.75 Å². The highest BCUT2D eigenvalue weighted by atomic mass is 16.5. The van der Waals surface area contributed by atoms with Crippen molar-refractivity contribution in [2.75, 3.05) is 13.1 Å². The summed E-state index contributed by atoms with van der Waals surface area (Å²) in [6, 6.07) is 13.5. The summed E-state index contributed by atoms with van der Waals surface area (Å²) in [7, 11) is 0. The van der Waals surface area contributed by atoms with E-state index in [0.29, 0.717) is 18.7 Å². The van der Waals surface area contributed by atoms with Gasteiger partial charge in [-0.1, -0.05) is 24.3 Å². The van der Waals surface area contributed by atoms with Gasteiger partial charge in [-0.3, -0.25) is 9.78 Å². The van der Waals surface area contributed by atoms with E-state index in [1.54, 1.807) is 18.5 Å². The van der Waals surface area contributed by atoms with Crippen molar-refractivity contribution in [3.63, 3.8) is 0 Å². The number of carbonyl (C=O) groups excluding carboxylic acids is 1. The molecule has 0 bridgehead atoms. The van der Waals surface area contributed by atoms with Crippen LogP contribution in [0, 0.1) is 0 Å². The fraction of sp³-hybridized carbons (Fsp3) is 0.273. The van der Waals surface area contributed by atoms with E-state index >= 15 is 0 Å². The molecule has 1 amide bonds. The molecular formula is C22H22N2O3. The van der Waals surface area contributed by atoms with Crippen LogP contribution >= 0.6 is 0 Å². The molecule has 1 unspecified atom stereocenters. The summed E-state index contributed by atoms with van der Waals surface area (Å²) in [4.78, 5) is 19.2. The van der Waals surface area contributed by atoms with Crippen LogP contribution in [0.4, 0.5) is 0 Å². The number of aromatic nitrogens is 1. The van der Waals surface area contributed by atoms with Crippen LogP contribution in [-0.4, -0.2) is 35.0 Å². The monoisotopic (exact) mass is 362 g/mol. The molecule has 0 saturated carbocycles. The van der Waals surface area contributed by atoms with Crippen molar-refractivity contribution < 1.29 is 14.3 Å². The fourth-order valence-electron chi connectivity index (χ4n) is 3.36. The summed E-state index contributed by atoms with van der Waals surface area (Å²) in [6.07, 6.45) is 8.89. The molecule has 2 aromatic rings. The predicted octanol–water partition coefficient (Wildman–Crippen LogP) is 3.58. The number of rotatable bonds is 4. The van der Waals surface area contributed by atoms with Gasteiger partial charge in [-0.25, -0.2) is 0 Å². The molecule has 5 nitrogen and oxygen atoms in total. The van der Waals surface area contributed by atoms with Crippen LogP contribution < -0.4 is 4.74 Å². The quantitative estimate of drug-likeness (QED) is 0.834. The lowest BCUT2D eigenvalue weighted by Gasteiger charge is -2.32. The number of fused-ring (bicyclic) bond motifs is 1. The Morgan fingerprint density at radius 1 is 1.22 bits per heavy atom. The van der Waals surface area contributed by atoms with Crippen LogP contribution in [0.3, 0.4) is 0 Å². The van der Waals surface area contributed by atoms with Gasteiger partial charge in [-0.05, 0) is 43.2 Å². The Labute approximate surface area is 158 Å². The maximum absolute atomic E-state index is 13.0. The molecule has 4 rings (SSSR count). The molecule has 0 radical (unpaired) electrons. The zero-order valence-electron chi connectivity index (χ0n) is 15.1. The number of pyridine rings is 1. The van der Waals surface area contributed by atoms with Crippen molar-refractivity contribution >= 4 is 12.0 Å². The molecule has 27 heavy (non-hydrogen) atoms. The SMILES string of the molecule is O=C(C1=Cc2ccccc2OC=C1)N1CCCC(OCc2ccccn2)C1. The van der Waals surface area contributed by atoms with E-state index in [1.807, 2.05) is 53.4 Å². The molecule has 1 aromatic carbocycles. The lowest BCUT2D eigenvalue weighted by molar-refractivity contribution is -0.131. The van der Waals surface area contributed by atoms with Crippen molar-refractivity contribution in [3.05, 3.63) is 77.8 Å². The van der Waals surface area contributed by atoms with Crippen LogP contribution in [-0.2, 0) is 16.1 Å². The first-order valence-electron chi connectivity index (χ1n) is 9.24. The van der Waals surface area contributed by atoms with Crippen LogP contribution in [0.1, 0.15) is 24.1 Å². The minimum absolute atomic E-state index is 0.0117. The van der Waals surface area contributed by atoms with Gasteiger partial charge in [0.1, 0.15) is 5.75 Å². The maximum atomic E-state index is 13.0. The van der Waals surface area contributed by atoms with E-state index in [9.17, 15) is 4.79 Å². The lowest BCUT2D eigenvalue weighted by atomic mass is 10.0. The molecule has 3 heterocycles. The van der Waals surface area contributed by atoms with Crippen LogP contribution in [0.2, 0.25) is 0 Å². The van der Waals surface area contributed by atoms with E-state index in [-0.39, 0.29) is 12.0 Å². The predicted molar refractivity (Wildman–Crippen MR) is 103 cm³/mol. The third-order valence-corrected chi connectivity index (χ3v) is 4.78. The number of hydrogen-bond donors (Lipinski definition) is 0. The van der Waals surface area contributed by atoms with Gasteiger partial charge in [0.05, 0.1) is 24.7 Å². The first-order valence-corrected chi connectivity index (χ1v) is 9.24. The maximum Gasteiger partial charge on any atom is 0.254 e. The highest BCUT2D eigenvalue weighted by Gasteiger charge is 2.26. The summed E-state index contributed by atoms with van der Waals surface area (Å²) < 4.78 is 11.6. The molecule has 1 aromatic heterocycles. The number of benzene rings is 1. The molecular weight excluding hydrogens is 340 g/mol. The minimum Gasteiger partial charge on any atom is -0.464 e. The normalized spacial score (nSPS) is 18.9. The number of carbonyl (C=O) groups is 1. The Morgan fingerprint density at radius 3 is 3.00 bits per heavy atom. The van der Waals surface area contributed by atoms with Gasteiger partial charge in [0, 0.05) is 30.4 Å². The van der Waals surface area contributed by atoms with Gasteiger partial charge >= 0.3 is 0 Å². The molecule has 0 N–H and O–H groups in total. The molecule has 138 valence electrons. The highest BCUT2D eigenvalue weighted by Crippen LogP contribution is 2.26. The van der Waals surface area contributed by atoms with Gasteiger partial charge in [0.2, 0.25) is 0 Å². The van der Waals surface area contributed by atoms with E-state index in [2.05, 4.69) is 4.98 Å². The topological polar surface area (TPSA) is 51.7 Å². The van der Waals surface area contributed by atoms with Crippen LogP contribution in [0.25, 0.3) is 6.08 Å². The van der Waals surface area contributed by atoms with E-state index in [4.69, 9.17) is 9.47 Å². The number of piperidine rings is 1. The number of para-hydroxylation sites is 1. The molecule has 0 spiro atoms. The van der Waals surface area contributed by atoms with Crippen molar-refractivity contribution in [1.82, 2.24) is 9.88 Å². The van der Waals surface area contributed by atoms with Gasteiger partial charge in [0.25, 0.3) is 5.91 Å². The summed E-state index contributed by atoms with van der Waals surface area (Å²) >= 11 is 0. The second-order valence-corrected chi connectivity index (χ2v) is 6.71. The fourth-order valence-corrected chi connectivity index (χ4v) is 3.36. The lowest BCUT2D eigenvalue weighted by Crippen LogP contribution is -2.43. The van der Waals surface area contributed by atoms with Gasteiger partial charge in [-0.2, -0.15) is 0 Å². The third kappa shape index (κ3) is 4.26. The van der Waals surface area contributed by atoms with Gasteiger partial charge in [0.15, 0.2) is 0 Å². The van der Waals surface area contributed by atoms with Crippen molar-refractivity contribution in [3.8, 4) is 5.75 Å². The molecule has 1 atom stereocenters. The third-order valence-electron chi connectivity index (χ3n) is 4.78. The Hall–Kier alpha value is -2.92. The smallest absolute Gasteiger partial charge is 0.254 e. The Bertz CT molecular complexity index is 861. The van der Waals surface area contributed by atoms with Gasteiger partial charge in [-0.15, -0.1) is 0 Å². The number of likely N-dealkylation sites (tertiary alicyclic amines) is 1. The summed E-state index contributed by atoms with van der Waals surface area (Å²) in [5.74, 6) is 0.768. The summed E-state index contributed by atoms with van der Waals surface area (Å²) in [5.41, 5.74) is 2.44. The zero-order chi connectivity index (χ0) is 18.5. The van der Waals surface area contributed by atoms with E-state index < -0.39 is 0 Å². The first kappa shape index (κ1) is 17.5. The van der Waals surface area contributed by atoms with E-state index in [1.165, 1.54) is 0 Å². The standard InChI is InChI=1S/C22H22N2O3/c25-22(18-10-13-26-21-9-2-1-6-17(21)14-18)24-12-5-8-20(15-24)27-16-19-7-3-4-11-23-19/h1-4,6-7,9-11,13-14,20H,5,8,12,15-16H2. The highest BCUT2D eigenvalue weighted by molar-refractivity contribution is 6.01. The van der Waals surface area contributed by atoms with Crippen LogP contribution in [0.15, 0.2) is 66.6 Å². The molecule has 2 aliphatic heterocycles. The second kappa shape index (κ2) is 8.18. The summed E-state index contributed by atoms with van der Waals surface area (Å²) in [6.45, 7) is 1.81. The largest absolute Gasteiger partial charge is 0.464 e. The average molecular weight is 362 g/mol. The number of hydrogen-bond acceptors (Lipinski definition) is 4.